The van der Waals surface area contributed by atoms with Gasteiger partial charge in [0.15, 0.2) is 0 Å². The first-order chi connectivity index (χ1) is 15.0. The van der Waals surface area contributed by atoms with Gasteiger partial charge >= 0.3 is 0 Å². The van der Waals surface area contributed by atoms with Gasteiger partial charge in [-0.1, -0.05) is 23.8 Å². The minimum absolute atomic E-state index is 0.128. The van der Waals surface area contributed by atoms with Crippen LogP contribution >= 0.6 is 23.4 Å². The highest BCUT2D eigenvalue weighted by atomic mass is 35.5. The lowest BCUT2D eigenvalue weighted by Crippen LogP contribution is -2.30. The molecular weight excluding hydrogens is 436 g/mol. The number of allylic oxidation sites excluding steroid dienone is 2. The summed E-state index contributed by atoms with van der Waals surface area (Å²) in [6.45, 7) is 0. The second-order valence-electron chi connectivity index (χ2n) is 7.35. The van der Waals surface area contributed by atoms with E-state index in [9.17, 15) is 14.4 Å². The van der Waals surface area contributed by atoms with E-state index in [0.717, 1.165) is 4.90 Å². The molecule has 0 radical (unpaired) electrons. The number of halogens is 1. The molecule has 8 heteroatoms. The molecular formula is C23H21ClN2O4S. The van der Waals surface area contributed by atoms with Crippen LogP contribution in [0, 0.1) is 11.8 Å². The Morgan fingerprint density at radius 3 is 2.32 bits per heavy atom. The lowest BCUT2D eigenvalue weighted by molar-refractivity contribution is -0.122. The van der Waals surface area contributed by atoms with Crippen LogP contribution < -0.4 is 15.0 Å². The molecule has 1 saturated heterocycles. The predicted molar refractivity (Wildman–Crippen MR) is 122 cm³/mol. The van der Waals surface area contributed by atoms with E-state index in [4.69, 9.17) is 16.3 Å². The number of imide groups is 1. The number of hydrogen-bond donors (Lipinski definition) is 1. The van der Waals surface area contributed by atoms with E-state index >= 15 is 0 Å². The van der Waals surface area contributed by atoms with Crippen molar-refractivity contribution in [3.63, 3.8) is 0 Å². The Labute approximate surface area is 189 Å². The third-order valence-corrected chi connectivity index (χ3v) is 6.72. The van der Waals surface area contributed by atoms with Crippen molar-refractivity contribution in [2.45, 2.75) is 17.7 Å². The minimum Gasteiger partial charge on any atom is -0.495 e. The Bertz CT molecular complexity index is 1030. The van der Waals surface area contributed by atoms with Crippen LogP contribution in [0.25, 0.3) is 0 Å². The fourth-order valence-electron chi connectivity index (χ4n) is 3.84. The van der Waals surface area contributed by atoms with Gasteiger partial charge < -0.3 is 10.1 Å². The number of carbonyl (C=O) groups excluding carboxylic acids is 3. The summed E-state index contributed by atoms with van der Waals surface area (Å²) in [7, 11) is 1.53. The van der Waals surface area contributed by atoms with Crippen molar-refractivity contribution in [3.05, 3.63) is 59.6 Å². The first-order valence-corrected chi connectivity index (χ1v) is 11.2. The number of nitrogens with one attached hydrogen (secondary N) is 1. The highest BCUT2D eigenvalue weighted by Crippen LogP contribution is 2.38. The van der Waals surface area contributed by atoms with E-state index < -0.39 is 0 Å². The lowest BCUT2D eigenvalue weighted by Gasteiger charge is -2.15. The summed E-state index contributed by atoms with van der Waals surface area (Å²) in [5.74, 6) is -0.171. The van der Waals surface area contributed by atoms with E-state index in [1.54, 1.807) is 30.3 Å². The molecule has 4 rings (SSSR count). The molecule has 3 amide bonds. The number of thioether (sulfide) groups is 1. The van der Waals surface area contributed by atoms with Crippen molar-refractivity contribution >= 4 is 52.5 Å². The van der Waals surface area contributed by atoms with Crippen LogP contribution in [-0.2, 0) is 14.4 Å². The maximum absolute atomic E-state index is 12.7. The minimum atomic E-state index is -0.248. The fourth-order valence-corrected chi connectivity index (χ4v) is 4.79. The van der Waals surface area contributed by atoms with Crippen LogP contribution in [0.15, 0.2) is 59.5 Å². The van der Waals surface area contributed by atoms with E-state index in [1.165, 1.54) is 23.8 Å². The summed E-state index contributed by atoms with van der Waals surface area (Å²) < 4.78 is 5.10. The Hall–Kier alpha value is -2.77. The van der Waals surface area contributed by atoms with Crippen LogP contribution in [0.4, 0.5) is 11.4 Å². The van der Waals surface area contributed by atoms with Crippen molar-refractivity contribution in [2.24, 2.45) is 11.8 Å². The maximum atomic E-state index is 12.7. The molecule has 0 saturated carbocycles. The van der Waals surface area contributed by atoms with Gasteiger partial charge in [0.1, 0.15) is 5.75 Å². The first kappa shape index (κ1) is 21.5. The zero-order valence-corrected chi connectivity index (χ0v) is 18.4. The van der Waals surface area contributed by atoms with E-state index in [0.29, 0.717) is 35.0 Å². The van der Waals surface area contributed by atoms with Crippen molar-refractivity contribution < 1.29 is 19.1 Å². The molecule has 2 atom stereocenters. The Morgan fingerprint density at radius 2 is 1.74 bits per heavy atom. The van der Waals surface area contributed by atoms with Crippen LogP contribution in [0.3, 0.4) is 0 Å². The Balaban J connectivity index is 1.35. The summed E-state index contributed by atoms with van der Waals surface area (Å²) in [4.78, 5) is 39.8. The van der Waals surface area contributed by atoms with Crippen LogP contribution in [-0.4, -0.2) is 30.6 Å². The molecule has 2 aromatic rings. The molecule has 0 aromatic heterocycles. The molecule has 2 aromatic carbocycles. The number of methoxy groups -OCH3 is 1. The summed E-state index contributed by atoms with van der Waals surface area (Å²) in [6, 6.07) is 12.2. The van der Waals surface area contributed by atoms with Gasteiger partial charge in [0.25, 0.3) is 0 Å². The average molecular weight is 457 g/mol. The number of ether oxygens (including phenoxy) is 1. The molecule has 1 N–H and O–H groups in total. The van der Waals surface area contributed by atoms with E-state index in [-0.39, 0.29) is 35.3 Å². The monoisotopic (exact) mass is 456 g/mol. The summed E-state index contributed by atoms with van der Waals surface area (Å²) >= 11 is 7.44. The third-order valence-electron chi connectivity index (χ3n) is 5.41. The number of nitrogens with zero attached hydrogens (tertiary/aromatic N) is 1. The number of amides is 3. The quantitative estimate of drug-likeness (QED) is 0.392. The standard InChI is InChI=1S/C23H21ClN2O4S/c1-30-20-11-6-14(12-19(20)24)25-21(27)13-31-16-9-7-15(8-10-16)26-22(28)17-4-2-3-5-18(17)23(26)29/h2-3,6-12,17-18H,4-5,13H2,1H3,(H,25,27). The molecule has 2 unspecified atom stereocenters. The van der Waals surface area contributed by atoms with E-state index in [1.807, 2.05) is 24.3 Å². The molecule has 1 heterocycles. The fraction of sp³-hybridized carbons (Fsp3) is 0.261. The SMILES string of the molecule is COc1ccc(NC(=O)CSc2ccc(N3C(=O)C4CC=CCC4C3=O)cc2)cc1Cl. The highest BCUT2D eigenvalue weighted by molar-refractivity contribution is 8.00. The number of carbonyl (C=O) groups is 3. The van der Waals surface area contributed by atoms with Gasteiger partial charge in [0.2, 0.25) is 17.7 Å². The first-order valence-electron chi connectivity index (χ1n) is 9.87. The second-order valence-corrected chi connectivity index (χ2v) is 8.80. The molecule has 0 spiro atoms. The third kappa shape index (κ3) is 4.48. The zero-order valence-electron chi connectivity index (χ0n) is 16.8. The Morgan fingerprint density at radius 1 is 1.10 bits per heavy atom. The normalized spacial score (nSPS) is 20.0. The smallest absolute Gasteiger partial charge is 0.238 e. The van der Waals surface area contributed by atoms with Gasteiger partial charge in [-0.05, 0) is 55.3 Å². The number of fused-ring (bicyclic) bond motifs is 1. The molecule has 1 fully saturated rings. The van der Waals surface area contributed by atoms with Crippen molar-refractivity contribution in [1.82, 2.24) is 0 Å². The van der Waals surface area contributed by atoms with Gasteiger partial charge in [-0.3, -0.25) is 19.3 Å². The predicted octanol–water partition coefficient (Wildman–Crippen LogP) is 4.54. The number of hydrogen-bond acceptors (Lipinski definition) is 5. The van der Waals surface area contributed by atoms with Gasteiger partial charge in [0.05, 0.1) is 35.4 Å². The Kier molecular flexibility index (Phi) is 6.34. The van der Waals surface area contributed by atoms with Crippen LogP contribution in [0.1, 0.15) is 12.8 Å². The number of benzene rings is 2. The largest absolute Gasteiger partial charge is 0.495 e. The van der Waals surface area contributed by atoms with Crippen LogP contribution in [0.2, 0.25) is 5.02 Å². The van der Waals surface area contributed by atoms with E-state index in [2.05, 4.69) is 5.32 Å². The van der Waals surface area contributed by atoms with Gasteiger partial charge in [-0.25, -0.2) is 0 Å². The van der Waals surface area contributed by atoms with Crippen molar-refractivity contribution in [2.75, 3.05) is 23.1 Å². The topological polar surface area (TPSA) is 75.7 Å². The molecule has 6 nitrogen and oxygen atoms in total. The summed E-state index contributed by atoms with van der Waals surface area (Å²) in [5.41, 5.74) is 1.17. The number of rotatable bonds is 6. The molecule has 2 aliphatic rings. The molecule has 0 bridgehead atoms. The highest BCUT2D eigenvalue weighted by Gasteiger charge is 2.47. The van der Waals surface area contributed by atoms with Gasteiger partial charge in [0, 0.05) is 10.6 Å². The molecule has 1 aliphatic carbocycles. The summed E-state index contributed by atoms with van der Waals surface area (Å²) in [5, 5.41) is 3.22. The molecule has 31 heavy (non-hydrogen) atoms. The molecule has 160 valence electrons. The van der Waals surface area contributed by atoms with Gasteiger partial charge in [-0.2, -0.15) is 0 Å². The van der Waals surface area contributed by atoms with Crippen molar-refractivity contribution in [3.8, 4) is 5.75 Å². The molecule has 1 aliphatic heterocycles. The van der Waals surface area contributed by atoms with Gasteiger partial charge in [-0.15, -0.1) is 11.8 Å². The zero-order chi connectivity index (χ0) is 22.0. The second kappa shape index (κ2) is 9.16. The summed E-state index contributed by atoms with van der Waals surface area (Å²) in [6.07, 6.45) is 5.18. The van der Waals surface area contributed by atoms with Crippen molar-refractivity contribution in [1.29, 1.82) is 0 Å². The average Bonchev–Trinajstić information content (AvgIpc) is 3.03. The maximum Gasteiger partial charge on any atom is 0.238 e. The lowest BCUT2D eigenvalue weighted by atomic mass is 9.85. The van der Waals surface area contributed by atoms with Crippen LogP contribution in [0.5, 0.6) is 5.75 Å². The number of anilines is 2.